The number of rotatable bonds is 5. The van der Waals surface area contributed by atoms with E-state index >= 15 is 0 Å². The van der Waals surface area contributed by atoms with Crippen molar-refractivity contribution in [1.82, 2.24) is 15.5 Å². The van der Waals surface area contributed by atoms with Gasteiger partial charge in [-0.15, -0.1) is 0 Å². The van der Waals surface area contributed by atoms with Crippen LogP contribution in [0, 0.1) is 11.8 Å². The smallest absolute Gasteiger partial charge is 0.213 e. The van der Waals surface area contributed by atoms with Gasteiger partial charge in [0.2, 0.25) is 6.39 Å². The number of hydrogen-bond acceptors (Lipinski definition) is 4. The summed E-state index contributed by atoms with van der Waals surface area (Å²) in [4.78, 5) is 4.02. The molecule has 4 nitrogen and oxygen atoms in total. The third-order valence-electron chi connectivity index (χ3n) is 3.85. The topological polar surface area (TPSA) is 51.0 Å². The summed E-state index contributed by atoms with van der Waals surface area (Å²) in [6, 6.07) is 0.683. The Balaban J connectivity index is 1.68. The fourth-order valence-corrected chi connectivity index (χ4v) is 2.71. The quantitative estimate of drug-likeness (QED) is 0.854. The van der Waals surface area contributed by atoms with Crippen molar-refractivity contribution in [2.75, 3.05) is 6.54 Å². The second-order valence-corrected chi connectivity index (χ2v) is 5.42. The molecule has 1 heterocycles. The fraction of sp³-hybridized carbons (Fsp3) is 0.846. The molecule has 0 bridgehead atoms. The summed E-state index contributed by atoms with van der Waals surface area (Å²) in [5.74, 6) is 2.51. The van der Waals surface area contributed by atoms with E-state index in [1.54, 1.807) is 0 Å². The third kappa shape index (κ3) is 3.80. The van der Waals surface area contributed by atoms with E-state index in [2.05, 4.69) is 29.3 Å². The molecule has 2 unspecified atom stereocenters. The largest absolute Gasteiger partial charge is 0.343 e. The lowest BCUT2D eigenvalue weighted by molar-refractivity contribution is 0.232. The van der Waals surface area contributed by atoms with Crippen molar-refractivity contribution in [3.05, 3.63) is 12.2 Å². The predicted octanol–water partition coefficient (Wildman–Crippen LogP) is 2.42. The molecule has 1 fully saturated rings. The van der Waals surface area contributed by atoms with E-state index in [-0.39, 0.29) is 0 Å². The van der Waals surface area contributed by atoms with Crippen LogP contribution in [0.5, 0.6) is 0 Å². The van der Waals surface area contributed by atoms with Gasteiger partial charge in [0.25, 0.3) is 0 Å². The molecule has 2 rings (SSSR count). The van der Waals surface area contributed by atoms with Crippen molar-refractivity contribution in [2.24, 2.45) is 11.8 Å². The molecule has 1 N–H and O–H groups in total. The van der Waals surface area contributed by atoms with Gasteiger partial charge < -0.3 is 9.84 Å². The Hall–Kier alpha value is -0.900. The van der Waals surface area contributed by atoms with Crippen LogP contribution in [0.25, 0.3) is 0 Å². The van der Waals surface area contributed by atoms with Gasteiger partial charge in [-0.05, 0) is 24.7 Å². The highest BCUT2D eigenvalue weighted by Crippen LogP contribution is 2.29. The van der Waals surface area contributed by atoms with Gasteiger partial charge in [-0.3, -0.25) is 0 Å². The minimum atomic E-state index is 0.683. The van der Waals surface area contributed by atoms with E-state index < -0.39 is 0 Å². The van der Waals surface area contributed by atoms with Crippen LogP contribution in [0.1, 0.15) is 45.4 Å². The number of aromatic nitrogens is 2. The average molecular weight is 237 g/mol. The molecule has 1 saturated carbocycles. The SMILES string of the molecule is CC(C)C1CCCC(NCCc2ncon2)C1. The Labute approximate surface area is 103 Å². The van der Waals surface area contributed by atoms with Crippen LogP contribution in [-0.2, 0) is 6.42 Å². The zero-order chi connectivity index (χ0) is 12.1. The fourth-order valence-electron chi connectivity index (χ4n) is 2.71. The predicted molar refractivity (Wildman–Crippen MR) is 66.6 cm³/mol. The molecule has 2 atom stereocenters. The highest BCUT2D eigenvalue weighted by Gasteiger charge is 2.23. The highest BCUT2D eigenvalue weighted by molar-refractivity contribution is 4.83. The summed E-state index contributed by atoms with van der Waals surface area (Å²) < 4.78 is 4.72. The molecule has 4 heteroatoms. The molecule has 1 aromatic heterocycles. The summed E-state index contributed by atoms with van der Waals surface area (Å²) in [6.07, 6.45) is 7.66. The van der Waals surface area contributed by atoms with Gasteiger partial charge in [-0.25, -0.2) is 0 Å². The molecule has 1 aliphatic rings. The maximum atomic E-state index is 4.72. The number of hydrogen-bond donors (Lipinski definition) is 1. The lowest BCUT2D eigenvalue weighted by atomic mass is 9.79. The maximum absolute atomic E-state index is 4.72. The van der Waals surface area contributed by atoms with Crippen molar-refractivity contribution < 1.29 is 4.52 Å². The monoisotopic (exact) mass is 237 g/mol. The van der Waals surface area contributed by atoms with Gasteiger partial charge in [0.05, 0.1) is 0 Å². The van der Waals surface area contributed by atoms with E-state index in [1.807, 2.05) is 0 Å². The Kier molecular flexibility index (Phi) is 4.54. The van der Waals surface area contributed by atoms with Crippen LogP contribution in [0.3, 0.4) is 0 Å². The first-order chi connectivity index (χ1) is 8.25. The summed E-state index contributed by atoms with van der Waals surface area (Å²) in [5.41, 5.74) is 0. The summed E-state index contributed by atoms with van der Waals surface area (Å²) in [7, 11) is 0. The van der Waals surface area contributed by atoms with Crippen LogP contribution >= 0.6 is 0 Å². The van der Waals surface area contributed by atoms with Gasteiger partial charge in [-0.1, -0.05) is 31.8 Å². The average Bonchev–Trinajstić information content (AvgIpc) is 2.82. The molecule has 0 aromatic carbocycles. The Morgan fingerprint density at radius 1 is 1.47 bits per heavy atom. The van der Waals surface area contributed by atoms with Gasteiger partial charge in [-0.2, -0.15) is 4.98 Å². The van der Waals surface area contributed by atoms with Crippen LogP contribution < -0.4 is 5.32 Å². The minimum absolute atomic E-state index is 0.683. The summed E-state index contributed by atoms with van der Waals surface area (Å²) >= 11 is 0. The lowest BCUT2D eigenvalue weighted by Gasteiger charge is -2.32. The molecule has 1 aromatic rings. The zero-order valence-corrected chi connectivity index (χ0v) is 10.9. The van der Waals surface area contributed by atoms with Gasteiger partial charge in [0.15, 0.2) is 5.82 Å². The molecule has 0 aliphatic heterocycles. The zero-order valence-electron chi connectivity index (χ0n) is 10.9. The number of nitrogens with zero attached hydrogens (tertiary/aromatic N) is 2. The standard InChI is InChI=1S/C13H23N3O/c1-10(2)11-4-3-5-12(8-11)14-7-6-13-15-9-17-16-13/h9-12,14H,3-8H2,1-2H3. The van der Waals surface area contributed by atoms with Crippen molar-refractivity contribution >= 4 is 0 Å². The number of nitrogens with one attached hydrogen (secondary N) is 1. The van der Waals surface area contributed by atoms with Crippen LogP contribution in [-0.4, -0.2) is 22.7 Å². The molecule has 17 heavy (non-hydrogen) atoms. The van der Waals surface area contributed by atoms with E-state index in [0.717, 1.165) is 30.6 Å². The molecule has 0 radical (unpaired) electrons. The van der Waals surface area contributed by atoms with Crippen molar-refractivity contribution in [1.29, 1.82) is 0 Å². The van der Waals surface area contributed by atoms with Gasteiger partial charge in [0, 0.05) is 19.0 Å². The van der Waals surface area contributed by atoms with Crippen molar-refractivity contribution in [2.45, 2.75) is 52.0 Å². The highest BCUT2D eigenvalue weighted by atomic mass is 16.5. The molecule has 0 spiro atoms. The molecule has 0 saturated heterocycles. The summed E-state index contributed by atoms with van der Waals surface area (Å²) in [6.45, 7) is 5.63. The van der Waals surface area contributed by atoms with Gasteiger partial charge in [0.1, 0.15) is 0 Å². The first kappa shape index (κ1) is 12.6. The van der Waals surface area contributed by atoms with Gasteiger partial charge >= 0.3 is 0 Å². The molecule has 96 valence electrons. The molecular formula is C13H23N3O. The molecule has 1 aliphatic carbocycles. The Morgan fingerprint density at radius 3 is 3.06 bits per heavy atom. The van der Waals surface area contributed by atoms with Crippen LogP contribution in [0.15, 0.2) is 10.9 Å². The van der Waals surface area contributed by atoms with E-state index in [1.165, 1.54) is 32.1 Å². The molecular weight excluding hydrogens is 214 g/mol. The summed E-state index contributed by atoms with van der Waals surface area (Å²) in [5, 5.41) is 7.44. The van der Waals surface area contributed by atoms with E-state index in [9.17, 15) is 0 Å². The first-order valence-electron chi connectivity index (χ1n) is 6.74. The van der Waals surface area contributed by atoms with Crippen molar-refractivity contribution in [3.8, 4) is 0 Å². The second kappa shape index (κ2) is 6.15. The first-order valence-corrected chi connectivity index (χ1v) is 6.74. The lowest BCUT2D eigenvalue weighted by Crippen LogP contribution is -2.36. The molecule has 0 amide bonds. The Bertz CT molecular complexity index is 310. The van der Waals surface area contributed by atoms with Crippen LogP contribution in [0.4, 0.5) is 0 Å². The second-order valence-electron chi connectivity index (χ2n) is 5.42. The van der Waals surface area contributed by atoms with E-state index in [4.69, 9.17) is 4.52 Å². The Morgan fingerprint density at radius 2 is 2.35 bits per heavy atom. The van der Waals surface area contributed by atoms with E-state index in [0.29, 0.717) is 6.04 Å². The minimum Gasteiger partial charge on any atom is -0.343 e. The maximum Gasteiger partial charge on any atom is 0.213 e. The van der Waals surface area contributed by atoms with Crippen molar-refractivity contribution in [3.63, 3.8) is 0 Å². The van der Waals surface area contributed by atoms with Crippen LogP contribution in [0.2, 0.25) is 0 Å². The normalized spacial score (nSPS) is 25.4. The third-order valence-corrected chi connectivity index (χ3v) is 3.85.